The Labute approximate surface area is 67.1 Å². The standard InChI is InChI=1S/C10H11N/c1-3-10(11-2)9-7-5-4-6-8-9/h3-8H,1H2,2H3. The summed E-state index contributed by atoms with van der Waals surface area (Å²) in [6.45, 7) is 3.68. The number of allylic oxidation sites excluding steroid dienone is 1. The van der Waals surface area contributed by atoms with Crippen LogP contribution in [0.25, 0.3) is 0 Å². The lowest BCUT2D eigenvalue weighted by Crippen LogP contribution is -1.94. The fraction of sp³-hybridized carbons (Fsp3) is 0.100. The molecule has 0 saturated carbocycles. The van der Waals surface area contributed by atoms with Crippen LogP contribution in [0.1, 0.15) is 5.56 Å². The minimum Gasteiger partial charge on any atom is -0.288 e. The van der Waals surface area contributed by atoms with Gasteiger partial charge in [0.05, 0.1) is 5.71 Å². The molecule has 0 spiro atoms. The third-order valence-electron chi connectivity index (χ3n) is 1.50. The maximum atomic E-state index is 4.08. The summed E-state index contributed by atoms with van der Waals surface area (Å²) < 4.78 is 0. The van der Waals surface area contributed by atoms with E-state index in [4.69, 9.17) is 0 Å². The fourth-order valence-electron chi connectivity index (χ4n) is 0.947. The molecule has 0 saturated heterocycles. The van der Waals surface area contributed by atoms with E-state index in [1.807, 2.05) is 30.3 Å². The zero-order valence-electron chi connectivity index (χ0n) is 6.62. The van der Waals surface area contributed by atoms with Crippen LogP contribution in [-0.4, -0.2) is 12.8 Å². The molecule has 0 aromatic heterocycles. The lowest BCUT2D eigenvalue weighted by molar-refractivity contribution is 1.43. The van der Waals surface area contributed by atoms with Crippen LogP contribution in [0.3, 0.4) is 0 Å². The molecule has 0 fully saturated rings. The van der Waals surface area contributed by atoms with Crippen molar-refractivity contribution in [2.75, 3.05) is 7.05 Å². The summed E-state index contributed by atoms with van der Waals surface area (Å²) in [6, 6.07) is 10.0. The van der Waals surface area contributed by atoms with Gasteiger partial charge in [0, 0.05) is 7.05 Å². The average Bonchev–Trinajstić information content (AvgIpc) is 2.09. The van der Waals surface area contributed by atoms with E-state index in [-0.39, 0.29) is 0 Å². The normalized spacial score (nSPS) is 11.2. The fourth-order valence-corrected chi connectivity index (χ4v) is 0.947. The minimum atomic E-state index is 0.936. The Balaban J connectivity index is 3.01. The lowest BCUT2D eigenvalue weighted by Gasteiger charge is -1.97. The van der Waals surface area contributed by atoms with Crippen LogP contribution < -0.4 is 0 Å². The van der Waals surface area contributed by atoms with Crippen LogP contribution in [0.2, 0.25) is 0 Å². The van der Waals surface area contributed by atoms with E-state index in [9.17, 15) is 0 Å². The average molecular weight is 145 g/mol. The Kier molecular flexibility index (Phi) is 2.61. The summed E-state index contributed by atoms with van der Waals surface area (Å²) in [7, 11) is 1.77. The highest BCUT2D eigenvalue weighted by Gasteiger charge is 1.93. The third kappa shape index (κ3) is 1.77. The predicted molar refractivity (Wildman–Crippen MR) is 49.1 cm³/mol. The SMILES string of the molecule is C=CC(=NC)c1ccccc1. The highest BCUT2D eigenvalue weighted by molar-refractivity contribution is 6.08. The van der Waals surface area contributed by atoms with E-state index in [0.29, 0.717) is 0 Å². The monoisotopic (exact) mass is 145 g/mol. The molecular formula is C10H11N. The molecule has 0 aliphatic carbocycles. The zero-order valence-corrected chi connectivity index (χ0v) is 6.62. The first-order valence-electron chi connectivity index (χ1n) is 3.53. The van der Waals surface area contributed by atoms with Crippen molar-refractivity contribution in [2.45, 2.75) is 0 Å². The number of benzene rings is 1. The number of rotatable bonds is 2. The van der Waals surface area contributed by atoms with Gasteiger partial charge in [0.15, 0.2) is 0 Å². The molecule has 0 amide bonds. The van der Waals surface area contributed by atoms with Gasteiger partial charge in [0.1, 0.15) is 0 Å². The van der Waals surface area contributed by atoms with Gasteiger partial charge in [-0.2, -0.15) is 0 Å². The first-order chi connectivity index (χ1) is 5.38. The van der Waals surface area contributed by atoms with E-state index in [0.717, 1.165) is 11.3 Å². The van der Waals surface area contributed by atoms with Crippen LogP contribution in [0, 0.1) is 0 Å². The van der Waals surface area contributed by atoms with Crippen molar-refractivity contribution in [3.63, 3.8) is 0 Å². The van der Waals surface area contributed by atoms with Crippen molar-refractivity contribution in [3.05, 3.63) is 48.6 Å². The van der Waals surface area contributed by atoms with Crippen molar-refractivity contribution >= 4 is 5.71 Å². The molecule has 0 bridgehead atoms. The Bertz CT molecular complexity index is 259. The molecule has 1 heteroatoms. The van der Waals surface area contributed by atoms with Gasteiger partial charge < -0.3 is 0 Å². The molecule has 0 unspecified atom stereocenters. The van der Waals surface area contributed by atoms with Crippen molar-refractivity contribution in [1.29, 1.82) is 0 Å². The minimum absolute atomic E-state index is 0.936. The predicted octanol–water partition coefficient (Wildman–Crippen LogP) is 2.29. The summed E-state index contributed by atoms with van der Waals surface area (Å²) in [5, 5.41) is 0. The first kappa shape index (κ1) is 7.73. The van der Waals surface area contributed by atoms with E-state index in [2.05, 4.69) is 11.6 Å². The van der Waals surface area contributed by atoms with Gasteiger partial charge in [-0.3, -0.25) is 4.99 Å². The number of aliphatic imine (C=N–C) groups is 1. The maximum Gasteiger partial charge on any atom is 0.0637 e. The summed E-state index contributed by atoms with van der Waals surface area (Å²) in [4.78, 5) is 4.08. The molecule has 0 aliphatic rings. The zero-order chi connectivity index (χ0) is 8.10. The number of hydrogen-bond acceptors (Lipinski definition) is 1. The molecule has 0 aliphatic heterocycles. The molecule has 1 aromatic rings. The smallest absolute Gasteiger partial charge is 0.0637 e. The van der Waals surface area contributed by atoms with E-state index in [1.54, 1.807) is 13.1 Å². The van der Waals surface area contributed by atoms with Gasteiger partial charge in [0.2, 0.25) is 0 Å². The molecule has 11 heavy (non-hydrogen) atoms. The van der Waals surface area contributed by atoms with E-state index >= 15 is 0 Å². The van der Waals surface area contributed by atoms with Crippen molar-refractivity contribution in [1.82, 2.24) is 0 Å². The second-order valence-electron chi connectivity index (χ2n) is 2.18. The molecule has 0 heterocycles. The summed E-state index contributed by atoms with van der Waals surface area (Å²) in [5.74, 6) is 0. The van der Waals surface area contributed by atoms with Gasteiger partial charge in [-0.1, -0.05) is 36.9 Å². The lowest BCUT2D eigenvalue weighted by atomic mass is 10.1. The highest BCUT2D eigenvalue weighted by Crippen LogP contribution is 2.00. The van der Waals surface area contributed by atoms with Crippen molar-refractivity contribution < 1.29 is 0 Å². The second kappa shape index (κ2) is 3.71. The highest BCUT2D eigenvalue weighted by atomic mass is 14.7. The Morgan fingerprint density at radius 1 is 1.36 bits per heavy atom. The van der Waals surface area contributed by atoms with Gasteiger partial charge in [0.25, 0.3) is 0 Å². The molecule has 0 atom stereocenters. The molecule has 1 nitrogen and oxygen atoms in total. The van der Waals surface area contributed by atoms with Crippen LogP contribution in [-0.2, 0) is 0 Å². The van der Waals surface area contributed by atoms with Crippen LogP contribution in [0.5, 0.6) is 0 Å². The topological polar surface area (TPSA) is 12.4 Å². The van der Waals surface area contributed by atoms with E-state index in [1.165, 1.54) is 0 Å². The summed E-state index contributed by atoms with van der Waals surface area (Å²) >= 11 is 0. The van der Waals surface area contributed by atoms with Gasteiger partial charge in [-0.15, -0.1) is 0 Å². The second-order valence-corrected chi connectivity index (χ2v) is 2.18. The van der Waals surface area contributed by atoms with Gasteiger partial charge in [-0.05, 0) is 11.6 Å². The number of nitrogens with zero attached hydrogens (tertiary/aromatic N) is 1. The third-order valence-corrected chi connectivity index (χ3v) is 1.50. The molecule has 0 radical (unpaired) electrons. The summed E-state index contributed by atoms with van der Waals surface area (Å²) in [5.41, 5.74) is 2.05. The van der Waals surface area contributed by atoms with Crippen LogP contribution >= 0.6 is 0 Å². The Morgan fingerprint density at radius 2 is 2.00 bits per heavy atom. The molecule has 1 aromatic carbocycles. The molecular weight excluding hydrogens is 134 g/mol. The molecule has 56 valence electrons. The first-order valence-corrected chi connectivity index (χ1v) is 3.53. The Hall–Kier alpha value is -1.37. The van der Waals surface area contributed by atoms with Crippen LogP contribution in [0.15, 0.2) is 48.0 Å². The quantitative estimate of drug-likeness (QED) is 0.566. The van der Waals surface area contributed by atoms with Crippen LogP contribution in [0.4, 0.5) is 0 Å². The van der Waals surface area contributed by atoms with E-state index < -0.39 is 0 Å². The molecule has 0 N–H and O–H groups in total. The summed E-state index contributed by atoms with van der Waals surface area (Å²) in [6.07, 6.45) is 1.76. The molecule has 1 rings (SSSR count). The van der Waals surface area contributed by atoms with Gasteiger partial charge >= 0.3 is 0 Å². The van der Waals surface area contributed by atoms with Crippen molar-refractivity contribution in [3.8, 4) is 0 Å². The maximum absolute atomic E-state index is 4.08. The van der Waals surface area contributed by atoms with Gasteiger partial charge in [-0.25, -0.2) is 0 Å². The largest absolute Gasteiger partial charge is 0.288 e. The number of hydrogen-bond donors (Lipinski definition) is 0. The Morgan fingerprint density at radius 3 is 2.45 bits per heavy atom. The van der Waals surface area contributed by atoms with Crippen molar-refractivity contribution in [2.24, 2.45) is 4.99 Å².